The summed E-state index contributed by atoms with van der Waals surface area (Å²) in [6.45, 7) is 2.09. The number of rotatable bonds is 7. The zero-order valence-electron chi connectivity index (χ0n) is 13.3. The predicted octanol–water partition coefficient (Wildman–Crippen LogP) is 3.12. The molecule has 0 spiro atoms. The topological polar surface area (TPSA) is 58.2 Å². The van der Waals surface area contributed by atoms with E-state index in [1.54, 1.807) is 18.2 Å². The number of anilines is 1. The second-order valence-electron chi connectivity index (χ2n) is 5.28. The summed E-state index contributed by atoms with van der Waals surface area (Å²) in [5.41, 5.74) is 2.24. The summed E-state index contributed by atoms with van der Waals surface area (Å²) in [6, 6.07) is 13.8. The molecule has 0 unspecified atom stereocenters. The number of thioether (sulfide) groups is 1. The Hall–Kier alpha value is -2.34. The normalized spacial score (nSPS) is 10.2. The van der Waals surface area contributed by atoms with E-state index in [-0.39, 0.29) is 35.7 Å². The van der Waals surface area contributed by atoms with Gasteiger partial charge in [0, 0.05) is 17.8 Å². The van der Waals surface area contributed by atoms with E-state index in [2.05, 4.69) is 10.6 Å². The highest BCUT2D eigenvalue weighted by Crippen LogP contribution is 2.10. The van der Waals surface area contributed by atoms with Crippen molar-refractivity contribution in [3.8, 4) is 0 Å². The van der Waals surface area contributed by atoms with Gasteiger partial charge in [-0.1, -0.05) is 30.3 Å². The van der Waals surface area contributed by atoms with Gasteiger partial charge < -0.3 is 10.6 Å². The Balaban J connectivity index is 1.67. The zero-order valence-corrected chi connectivity index (χ0v) is 14.2. The quantitative estimate of drug-likeness (QED) is 0.810. The largest absolute Gasteiger partial charge is 0.351 e. The van der Waals surface area contributed by atoms with Crippen LogP contribution in [0.25, 0.3) is 0 Å². The van der Waals surface area contributed by atoms with E-state index in [1.807, 2.05) is 31.2 Å². The molecule has 0 heterocycles. The number of halogens is 1. The van der Waals surface area contributed by atoms with Gasteiger partial charge in [0.2, 0.25) is 11.8 Å². The van der Waals surface area contributed by atoms with Crippen LogP contribution in [0.2, 0.25) is 0 Å². The number of amides is 2. The zero-order chi connectivity index (χ0) is 17.4. The Labute approximate surface area is 144 Å². The maximum Gasteiger partial charge on any atom is 0.234 e. The molecule has 24 heavy (non-hydrogen) atoms. The molecule has 0 saturated heterocycles. The van der Waals surface area contributed by atoms with Crippen LogP contribution < -0.4 is 10.6 Å². The van der Waals surface area contributed by atoms with Crippen LogP contribution in [0, 0.1) is 12.7 Å². The van der Waals surface area contributed by atoms with Crippen molar-refractivity contribution in [3.63, 3.8) is 0 Å². The molecule has 2 amide bonds. The summed E-state index contributed by atoms with van der Waals surface area (Å²) < 4.78 is 13.4. The smallest absolute Gasteiger partial charge is 0.234 e. The van der Waals surface area contributed by atoms with Gasteiger partial charge in [-0.2, -0.15) is 0 Å². The highest BCUT2D eigenvalue weighted by Gasteiger charge is 2.07. The molecule has 0 fully saturated rings. The average Bonchev–Trinajstić information content (AvgIpc) is 2.54. The third-order valence-corrected chi connectivity index (χ3v) is 4.13. The van der Waals surface area contributed by atoms with Crippen molar-refractivity contribution in [2.45, 2.75) is 13.5 Å². The number of aryl methyl sites for hydroxylation is 1. The van der Waals surface area contributed by atoms with Gasteiger partial charge in [0.1, 0.15) is 5.82 Å². The third-order valence-electron chi connectivity index (χ3n) is 3.20. The van der Waals surface area contributed by atoms with Crippen LogP contribution in [0.4, 0.5) is 10.1 Å². The van der Waals surface area contributed by atoms with E-state index in [9.17, 15) is 14.0 Å². The fourth-order valence-electron chi connectivity index (χ4n) is 2.04. The standard InChI is InChI=1S/C18H19FN2O2S/c1-13-5-4-7-15(9-13)21-18(23)12-24-11-17(22)20-10-14-6-2-3-8-16(14)19/h2-9H,10-12H2,1H3,(H,20,22)(H,21,23). The molecule has 2 N–H and O–H groups in total. The van der Waals surface area contributed by atoms with E-state index in [0.717, 1.165) is 11.3 Å². The van der Waals surface area contributed by atoms with E-state index in [1.165, 1.54) is 17.8 Å². The van der Waals surface area contributed by atoms with Gasteiger partial charge in [-0.25, -0.2) is 4.39 Å². The molecular formula is C18H19FN2O2S. The molecule has 0 aliphatic rings. The van der Waals surface area contributed by atoms with Gasteiger partial charge in [-0.3, -0.25) is 9.59 Å². The Bertz CT molecular complexity index is 722. The van der Waals surface area contributed by atoms with Gasteiger partial charge in [-0.15, -0.1) is 11.8 Å². The van der Waals surface area contributed by atoms with Crippen LogP contribution in [0.15, 0.2) is 48.5 Å². The summed E-state index contributed by atoms with van der Waals surface area (Å²) in [7, 11) is 0. The first-order chi connectivity index (χ1) is 11.5. The van der Waals surface area contributed by atoms with Crippen molar-refractivity contribution in [1.29, 1.82) is 0 Å². The van der Waals surface area contributed by atoms with Gasteiger partial charge in [0.15, 0.2) is 0 Å². The van der Waals surface area contributed by atoms with Crippen molar-refractivity contribution in [2.75, 3.05) is 16.8 Å². The highest BCUT2D eigenvalue weighted by molar-refractivity contribution is 8.00. The first kappa shape index (κ1) is 18.0. The van der Waals surface area contributed by atoms with Gasteiger partial charge in [0.25, 0.3) is 0 Å². The summed E-state index contributed by atoms with van der Waals surface area (Å²) in [5, 5.41) is 5.42. The number of carbonyl (C=O) groups is 2. The molecular weight excluding hydrogens is 327 g/mol. The molecule has 0 aromatic heterocycles. The van der Waals surface area contributed by atoms with Gasteiger partial charge >= 0.3 is 0 Å². The molecule has 0 atom stereocenters. The Kier molecular flexibility index (Phi) is 6.81. The lowest BCUT2D eigenvalue weighted by Gasteiger charge is -2.07. The van der Waals surface area contributed by atoms with Crippen molar-refractivity contribution in [2.24, 2.45) is 0 Å². The summed E-state index contributed by atoms with van der Waals surface area (Å²) in [4.78, 5) is 23.5. The molecule has 0 bridgehead atoms. The second-order valence-corrected chi connectivity index (χ2v) is 6.26. The van der Waals surface area contributed by atoms with Crippen LogP contribution in [0.5, 0.6) is 0 Å². The minimum atomic E-state index is -0.344. The lowest BCUT2D eigenvalue weighted by Crippen LogP contribution is -2.26. The van der Waals surface area contributed by atoms with Crippen LogP contribution in [-0.4, -0.2) is 23.3 Å². The van der Waals surface area contributed by atoms with Crippen LogP contribution in [0.1, 0.15) is 11.1 Å². The number of hydrogen-bond donors (Lipinski definition) is 2. The molecule has 6 heteroatoms. The van der Waals surface area contributed by atoms with E-state index >= 15 is 0 Å². The van der Waals surface area contributed by atoms with Crippen LogP contribution in [0.3, 0.4) is 0 Å². The summed E-state index contributed by atoms with van der Waals surface area (Å²) in [6.07, 6.45) is 0. The summed E-state index contributed by atoms with van der Waals surface area (Å²) in [5.74, 6) is -0.404. The molecule has 0 aliphatic heterocycles. The SMILES string of the molecule is Cc1cccc(NC(=O)CSCC(=O)NCc2ccccc2F)c1. The fourth-order valence-corrected chi connectivity index (χ4v) is 2.69. The molecule has 4 nitrogen and oxygen atoms in total. The maximum atomic E-state index is 13.4. The third kappa shape index (κ3) is 6.04. The van der Waals surface area contributed by atoms with E-state index in [4.69, 9.17) is 0 Å². The van der Waals surface area contributed by atoms with E-state index < -0.39 is 0 Å². The Morgan fingerprint density at radius 2 is 1.79 bits per heavy atom. The molecule has 2 rings (SSSR count). The van der Waals surface area contributed by atoms with E-state index in [0.29, 0.717) is 5.56 Å². The lowest BCUT2D eigenvalue weighted by molar-refractivity contribution is -0.118. The highest BCUT2D eigenvalue weighted by atomic mass is 32.2. The maximum absolute atomic E-state index is 13.4. The second kappa shape index (κ2) is 9.08. The van der Waals surface area contributed by atoms with Crippen molar-refractivity contribution in [1.82, 2.24) is 5.32 Å². The molecule has 0 saturated carbocycles. The minimum Gasteiger partial charge on any atom is -0.351 e. The fraction of sp³-hybridized carbons (Fsp3) is 0.222. The number of carbonyl (C=O) groups excluding carboxylic acids is 2. The summed E-state index contributed by atoms with van der Waals surface area (Å²) >= 11 is 1.21. The molecule has 0 aliphatic carbocycles. The number of hydrogen-bond acceptors (Lipinski definition) is 3. The molecule has 126 valence electrons. The predicted molar refractivity (Wildman–Crippen MR) is 95.4 cm³/mol. The first-order valence-electron chi connectivity index (χ1n) is 7.49. The molecule has 2 aromatic carbocycles. The van der Waals surface area contributed by atoms with Crippen LogP contribution in [-0.2, 0) is 16.1 Å². The molecule has 2 aromatic rings. The van der Waals surface area contributed by atoms with Gasteiger partial charge in [0.05, 0.1) is 11.5 Å². The average molecular weight is 346 g/mol. The van der Waals surface area contributed by atoms with Crippen molar-refractivity contribution < 1.29 is 14.0 Å². The number of nitrogens with one attached hydrogen (secondary N) is 2. The first-order valence-corrected chi connectivity index (χ1v) is 8.64. The van der Waals surface area contributed by atoms with Crippen molar-refractivity contribution >= 4 is 29.3 Å². The van der Waals surface area contributed by atoms with Crippen molar-refractivity contribution in [3.05, 3.63) is 65.5 Å². The minimum absolute atomic E-state index is 0.140. The lowest BCUT2D eigenvalue weighted by atomic mass is 10.2. The van der Waals surface area contributed by atoms with Gasteiger partial charge in [-0.05, 0) is 30.7 Å². The molecule has 0 radical (unpaired) electrons. The Morgan fingerprint density at radius 3 is 2.54 bits per heavy atom. The van der Waals surface area contributed by atoms with Crippen LogP contribution >= 0.6 is 11.8 Å². The monoisotopic (exact) mass is 346 g/mol. The number of benzene rings is 2. The Morgan fingerprint density at radius 1 is 1.04 bits per heavy atom.